The second kappa shape index (κ2) is 11.5. The maximum absolute atomic E-state index is 10.7. The largest absolute Gasteiger partial charge is 0.497 e. The number of ether oxygens (including phenoxy) is 3. The van der Waals surface area contributed by atoms with E-state index in [1.807, 2.05) is 67.6 Å². The number of oxazole rings is 1. The summed E-state index contributed by atoms with van der Waals surface area (Å²) in [7, 11) is 1.62. The van der Waals surface area contributed by atoms with E-state index in [0.717, 1.165) is 22.4 Å². The Morgan fingerprint density at radius 3 is 2.39 bits per heavy atom. The molecular weight excluding hydrogens is 482 g/mol. The Morgan fingerprint density at radius 2 is 1.72 bits per heavy atom. The molecule has 4 rings (SSSR count). The summed E-state index contributed by atoms with van der Waals surface area (Å²) in [6, 6.07) is 20.2. The Kier molecular flexibility index (Phi) is 7.92. The van der Waals surface area contributed by atoms with Crippen LogP contribution in [0.15, 0.2) is 71.1 Å². The van der Waals surface area contributed by atoms with Gasteiger partial charge in [0.1, 0.15) is 22.9 Å². The number of aryl methyl sites for hydroxylation is 1. The van der Waals surface area contributed by atoms with Gasteiger partial charge in [-0.2, -0.15) is 0 Å². The Labute approximate surface area is 213 Å². The number of nitrogens with zero attached hydrogens (tertiary/aromatic N) is 1. The molecule has 3 aromatic carbocycles. The number of rotatable bonds is 10. The molecule has 8 heteroatoms. The number of methoxy groups -OCH3 is 1. The Morgan fingerprint density at radius 1 is 1.00 bits per heavy atom. The van der Waals surface area contributed by atoms with Gasteiger partial charge in [0, 0.05) is 10.6 Å². The first kappa shape index (κ1) is 24.9. The van der Waals surface area contributed by atoms with Crippen molar-refractivity contribution < 1.29 is 28.5 Å². The lowest BCUT2D eigenvalue weighted by atomic mass is 10.1. The lowest BCUT2D eigenvalue weighted by molar-refractivity contribution is -0.139. The maximum Gasteiger partial charge on any atom is 0.341 e. The van der Waals surface area contributed by atoms with Crippen LogP contribution in [0.5, 0.6) is 17.2 Å². The molecule has 0 aliphatic carbocycles. The molecule has 0 saturated carbocycles. The van der Waals surface area contributed by atoms with Gasteiger partial charge in [0.15, 0.2) is 19.0 Å². The van der Waals surface area contributed by atoms with Gasteiger partial charge in [0.2, 0.25) is 5.89 Å². The van der Waals surface area contributed by atoms with E-state index in [1.165, 1.54) is 0 Å². The summed E-state index contributed by atoms with van der Waals surface area (Å²) in [4.78, 5) is 15.4. The second-order valence-electron chi connectivity index (χ2n) is 7.83. The highest BCUT2D eigenvalue weighted by molar-refractivity contribution is 6.30. The minimum Gasteiger partial charge on any atom is -0.497 e. The average Bonchev–Trinajstić information content (AvgIpc) is 3.29. The minimum absolute atomic E-state index is 0.104. The van der Waals surface area contributed by atoms with Gasteiger partial charge in [-0.25, -0.2) is 9.78 Å². The van der Waals surface area contributed by atoms with E-state index in [1.54, 1.807) is 25.3 Å². The van der Waals surface area contributed by atoms with Gasteiger partial charge in [-0.05, 0) is 78.7 Å². The summed E-state index contributed by atoms with van der Waals surface area (Å²) in [5, 5.41) is 9.46. The highest BCUT2D eigenvalue weighted by Gasteiger charge is 2.15. The number of carbonyl (C=O) groups is 1. The third-order valence-corrected chi connectivity index (χ3v) is 5.47. The van der Waals surface area contributed by atoms with Crippen molar-refractivity contribution in [1.82, 2.24) is 4.98 Å². The van der Waals surface area contributed by atoms with Crippen LogP contribution < -0.4 is 14.2 Å². The van der Waals surface area contributed by atoms with Gasteiger partial charge >= 0.3 is 5.97 Å². The van der Waals surface area contributed by atoms with Gasteiger partial charge in [0.25, 0.3) is 0 Å². The monoisotopic (exact) mass is 505 g/mol. The van der Waals surface area contributed by atoms with Crippen molar-refractivity contribution in [1.29, 1.82) is 0 Å². The van der Waals surface area contributed by atoms with Crippen LogP contribution in [0.4, 0.5) is 0 Å². The number of hydrogen-bond acceptors (Lipinski definition) is 6. The summed E-state index contributed by atoms with van der Waals surface area (Å²) >= 11 is 5.99. The molecule has 36 heavy (non-hydrogen) atoms. The number of halogens is 1. The fourth-order valence-corrected chi connectivity index (χ4v) is 3.54. The highest BCUT2D eigenvalue weighted by atomic mass is 35.5. The molecule has 1 N–H and O–H groups in total. The normalized spacial score (nSPS) is 11.0. The summed E-state index contributed by atoms with van der Waals surface area (Å²) in [6.07, 6.45) is 3.78. The summed E-state index contributed by atoms with van der Waals surface area (Å²) in [5.41, 5.74) is 3.27. The number of hydrogen-bond donors (Lipinski definition) is 1. The smallest absolute Gasteiger partial charge is 0.341 e. The molecule has 7 nitrogen and oxygen atoms in total. The minimum atomic E-state index is -1.03. The number of carboxylic acid groups (broad SMARTS) is 1. The van der Waals surface area contributed by atoms with E-state index in [4.69, 9.17) is 35.3 Å². The van der Waals surface area contributed by atoms with Crippen LogP contribution in [0.1, 0.15) is 22.8 Å². The molecule has 0 unspecified atom stereocenters. The third-order valence-electron chi connectivity index (χ3n) is 5.22. The summed E-state index contributed by atoms with van der Waals surface area (Å²) < 4.78 is 22.4. The zero-order chi connectivity index (χ0) is 25.5. The first-order valence-electron chi connectivity index (χ1n) is 11.1. The van der Waals surface area contributed by atoms with Crippen molar-refractivity contribution >= 4 is 29.7 Å². The van der Waals surface area contributed by atoms with Gasteiger partial charge < -0.3 is 23.7 Å². The quantitative estimate of drug-likeness (QED) is 0.262. The summed E-state index contributed by atoms with van der Waals surface area (Å²) in [5.74, 6) is 1.76. The van der Waals surface area contributed by atoms with Crippen LogP contribution in [-0.4, -0.2) is 29.8 Å². The fourth-order valence-electron chi connectivity index (χ4n) is 3.41. The van der Waals surface area contributed by atoms with Crippen LogP contribution in [0, 0.1) is 6.92 Å². The van der Waals surface area contributed by atoms with Gasteiger partial charge in [-0.15, -0.1) is 0 Å². The van der Waals surface area contributed by atoms with E-state index < -0.39 is 12.6 Å². The zero-order valence-electron chi connectivity index (χ0n) is 19.7. The Bertz CT molecular complexity index is 1360. The molecule has 0 amide bonds. The maximum atomic E-state index is 10.7. The van der Waals surface area contributed by atoms with E-state index >= 15 is 0 Å². The number of carboxylic acids is 1. The van der Waals surface area contributed by atoms with Crippen LogP contribution >= 0.6 is 11.6 Å². The van der Waals surface area contributed by atoms with Gasteiger partial charge in [-0.3, -0.25) is 0 Å². The molecule has 0 bridgehead atoms. The molecule has 0 saturated heterocycles. The van der Waals surface area contributed by atoms with E-state index in [2.05, 4.69) is 4.98 Å². The van der Waals surface area contributed by atoms with Crippen LogP contribution in [0.2, 0.25) is 5.02 Å². The van der Waals surface area contributed by atoms with Crippen molar-refractivity contribution in [3.63, 3.8) is 0 Å². The number of benzene rings is 3. The zero-order valence-corrected chi connectivity index (χ0v) is 20.5. The SMILES string of the molecule is COc1ccc(-c2nc(COc3ccc(OCC(=O)O)c(C)c3)oc2/C=C/c2ccc(Cl)cc2)cc1. The predicted octanol–water partition coefficient (Wildman–Crippen LogP) is 6.52. The topological polar surface area (TPSA) is 91.0 Å². The van der Waals surface area contributed by atoms with Crippen molar-refractivity contribution in [3.05, 3.63) is 94.5 Å². The van der Waals surface area contributed by atoms with Crippen molar-refractivity contribution in [2.75, 3.05) is 13.7 Å². The molecule has 1 aromatic heterocycles. The highest BCUT2D eigenvalue weighted by Crippen LogP contribution is 2.29. The second-order valence-corrected chi connectivity index (χ2v) is 8.27. The Balaban J connectivity index is 1.55. The van der Waals surface area contributed by atoms with Crippen molar-refractivity contribution in [2.45, 2.75) is 13.5 Å². The first-order valence-corrected chi connectivity index (χ1v) is 11.4. The molecule has 4 aromatic rings. The molecule has 1 heterocycles. The lowest BCUT2D eigenvalue weighted by Crippen LogP contribution is -2.10. The van der Waals surface area contributed by atoms with E-state index in [-0.39, 0.29) is 6.61 Å². The summed E-state index contributed by atoms with van der Waals surface area (Å²) in [6.45, 7) is 1.52. The fraction of sp³-hybridized carbons (Fsp3) is 0.143. The Hall–Kier alpha value is -4.23. The standard InChI is InChI=1S/C28H24ClNO6/c1-18-15-23(12-14-24(18)35-17-27(31)32)34-16-26-30-28(20-6-10-22(33-2)11-7-20)25(36-26)13-5-19-3-8-21(29)9-4-19/h3-15H,16-17H2,1-2H3,(H,31,32)/b13-5+. The van der Waals surface area contributed by atoms with E-state index in [0.29, 0.717) is 33.9 Å². The lowest BCUT2D eigenvalue weighted by Gasteiger charge is -2.09. The molecule has 0 radical (unpaired) electrons. The molecular formula is C28H24ClNO6. The van der Waals surface area contributed by atoms with Crippen LogP contribution in [0.25, 0.3) is 23.4 Å². The van der Waals surface area contributed by atoms with Crippen LogP contribution in [-0.2, 0) is 11.4 Å². The van der Waals surface area contributed by atoms with Crippen molar-refractivity contribution in [3.8, 4) is 28.5 Å². The van der Waals surface area contributed by atoms with Crippen molar-refractivity contribution in [2.24, 2.45) is 0 Å². The van der Waals surface area contributed by atoms with Crippen LogP contribution in [0.3, 0.4) is 0 Å². The molecule has 0 aliphatic rings. The van der Waals surface area contributed by atoms with Gasteiger partial charge in [0.05, 0.1) is 7.11 Å². The number of aliphatic carboxylic acids is 1. The molecule has 0 spiro atoms. The number of aromatic nitrogens is 1. The van der Waals surface area contributed by atoms with E-state index in [9.17, 15) is 4.79 Å². The predicted molar refractivity (Wildman–Crippen MR) is 138 cm³/mol. The molecule has 0 atom stereocenters. The molecule has 0 fully saturated rings. The van der Waals surface area contributed by atoms with Gasteiger partial charge in [-0.1, -0.05) is 29.8 Å². The third kappa shape index (κ3) is 6.46. The average molecular weight is 506 g/mol. The first-order chi connectivity index (χ1) is 17.4. The molecule has 0 aliphatic heterocycles. The molecule has 184 valence electrons.